The van der Waals surface area contributed by atoms with Crippen molar-refractivity contribution >= 4 is 41.8 Å². The Bertz CT molecular complexity index is 1980. The second-order valence-corrected chi connectivity index (χ2v) is 20.1. The first-order valence-electron chi connectivity index (χ1n) is 23.1. The molecule has 0 radical (unpaired) electrons. The summed E-state index contributed by atoms with van der Waals surface area (Å²) in [4.78, 5) is 99.3. The van der Waals surface area contributed by atoms with E-state index in [1.54, 1.807) is 53.4 Å². The standard InChI is InChI=1S/C49H73N7O10/c1-32(2)36(35-20-14-11-15-21-35)30-55(46(64)66-48(7,8)9)31-40(57)52-37(29-34-18-12-10-13-19-34)41(58)53-38-28-33(3)56(42(38)59)39(22-16-17-25-51-45(63)65-47(4,5)6)43(60)54-26-23-49(50,24-27-54)44(61)62/h10-15,18-21,32-33,36-39H,16-17,22-31,50H2,1-9H3,(H,51,63)(H,52,57)(H,53,58)(H,61,62)/t33?,36-,37-,38-,39-/m1/s1. The molecule has 66 heavy (non-hydrogen) atoms. The van der Waals surface area contributed by atoms with Crippen LogP contribution in [0.5, 0.6) is 0 Å². The number of carbonyl (C=O) groups excluding carboxylic acids is 6. The smallest absolute Gasteiger partial charge is 0.410 e. The van der Waals surface area contributed by atoms with E-state index in [1.165, 1.54) is 9.80 Å². The Hall–Kier alpha value is -5.71. The second-order valence-electron chi connectivity index (χ2n) is 20.1. The van der Waals surface area contributed by atoms with Crippen LogP contribution < -0.4 is 21.7 Å². The Labute approximate surface area is 389 Å². The maximum absolute atomic E-state index is 14.4. The average molecular weight is 920 g/mol. The number of likely N-dealkylation sites (tertiary alicyclic amines) is 2. The fourth-order valence-corrected chi connectivity index (χ4v) is 8.35. The fraction of sp³-hybridized carbons (Fsp3) is 0.612. The van der Waals surface area contributed by atoms with Gasteiger partial charge in [-0.15, -0.1) is 0 Å². The first kappa shape index (κ1) is 52.9. The molecular formula is C49H73N7O10. The number of hydrogen-bond acceptors (Lipinski definition) is 10. The molecule has 0 saturated carbocycles. The Morgan fingerprint density at radius 3 is 2.05 bits per heavy atom. The quantitative estimate of drug-likeness (QED) is 0.118. The molecule has 2 aromatic carbocycles. The topological polar surface area (TPSA) is 230 Å². The first-order chi connectivity index (χ1) is 30.9. The molecule has 0 bridgehead atoms. The van der Waals surface area contributed by atoms with E-state index in [-0.39, 0.29) is 76.0 Å². The van der Waals surface area contributed by atoms with Crippen molar-refractivity contribution in [3.8, 4) is 0 Å². The Balaban J connectivity index is 1.54. The molecule has 2 aliphatic rings. The molecule has 17 heteroatoms. The van der Waals surface area contributed by atoms with E-state index < -0.39 is 83.3 Å². The SMILES string of the molecule is CC(C)[C@@H](CN(CC(=O)N[C@H](Cc1ccccc1)C(=O)N[C@@H]1CC(C)N([C@H](CCCCNC(=O)OC(C)(C)C)C(=O)N2CCC(N)(C(=O)O)CC2)C1=O)C(=O)OC(C)(C)C)c1ccccc1. The zero-order valence-corrected chi connectivity index (χ0v) is 40.3. The number of amides is 6. The van der Waals surface area contributed by atoms with Crippen LogP contribution >= 0.6 is 0 Å². The number of benzene rings is 2. The normalized spacial score (nSPS) is 18.7. The average Bonchev–Trinajstić information content (AvgIpc) is 3.50. The first-order valence-corrected chi connectivity index (χ1v) is 23.1. The third kappa shape index (κ3) is 15.7. The minimum Gasteiger partial charge on any atom is -0.480 e. The van der Waals surface area contributed by atoms with Gasteiger partial charge in [-0.1, -0.05) is 74.5 Å². The molecule has 2 aliphatic heterocycles. The molecule has 2 aromatic rings. The summed E-state index contributed by atoms with van der Waals surface area (Å²) in [5.74, 6) is -3.22. The predicted molar refractivity (Wildman–Crippen MR) is 249 cm³/mol. The van der Waals surface area contributed by atoms with Crippen LogP contribution in [0.3, 0.4) is 0 Å². The van der Waals surface area contributed by atoms with E-state index in [1.807, 2.05) is 74.5 Å². The third-order valence-electron chi connectivity index (χ3n) is 11.9. The van der Waals surface area contributed by atoms with E-state index in [0.29, 0.717) is 12.8 Å². The van der Waals surface area contributed by atoms with Crippen molar-refractivity contribution in [3.63, 3.8) is 0 Å². The number of nitrogens with one attached hydrogen (secondary N) is 3. The van der Waals surface area contributed by atoms with Crippen molar-refractivity contribution in [1.82, 2.24) is 30.7 Å². The molecule has 0 aliphatic carbocycles. The number of alkyl carbamates (subject to hydrolysis) is 1. The molecule has 0 spiro atoms. The molecule has 2 heterocycles. The van der Waals surface area contributed by atoms with Gasteiger partial charge < -0.3 is 46.1 Å². The Morgan fingerprint density at radius 1 is 0.894 bits per heavy atom. The summed E-state index contributed by atoms with van der Waals surface area (Å²) in [6.07, 6.45) is 0.238. The second kappa shape index (κ2) is 23.1. The third-order valence-corrected chi connectivity index (χ3v) is 11.9. The van der Waals surface area contributed by atoms with Gasteiger partial charge in [0.1, 0.15) is 41.4 Å². The van der Waals surface area contributed by atoms with E-state index in [9.17, 15) is 38.7 Å². The highest BCUT2D eigenvalue weighted by atomic mass is 16.6. The van der Waals surface area contributed by atoms with Gasteiger partial charge in [-0.3, -0.25) is 28.9 Å². The van der Waals surface area contributed by atoms with Crippen LogP contribution in [0, 0.1) is 5.92 Å². The van der Waals surface area contributed by atoms with Crippen molar-refractivity contribution in [2.75, 3.05) is 32.7 Å². The monoisotopic (exact) mass is 920 g/mol. The van der Waals surface area contributed by atoms with Crippen LogP contribution in [0.2, 0.25) is 0 Å². The molecule has 1 unspecified atom stereocenters. The van der Waals surface area contributed by atoms with Crippen LogP contribution in [-0.4, -0.2) is 135 Å². The van der Waals surface area contributed by atoms with Crippen LogP contribution in [0.25, 0.3) is 0 Å². The zero-order chi connectivity index (χ0) is 49.0. The van der Waals surface area contributed by atoms with E-state index in [0.717, 1.165) is 11.1 Å². The minimum absolute atomic E-state index is 0.0399. The van der Waals surface area contributed by atoms with Gasteiger partial charge in [-0.25, -0.2) is 9.59 Å². The molecule has 364 valence electrons. The lowest BCUT2D eigenvalue weighted by Crippen LogP contribution is -2.60. The highest BCUT2D eigenvalue weighted by Crippen LogP contribution is 2.29. The lowest BCUT2D eigenvalue weighted by molar-refractivity contribution is -0.151. The predicted octanol–water partition coefficient (Wildman–Crippen LogP) is 4.96. The Morgan fingerprint density at radius 2 is 1.48 bits per heavy atom. The van der Waals surface area contributed by atoms with Crippen molar-refractivity contribution in [2.45, 2.75) is 154 Å². The van der Waals surface area contributed by atoms with Crippen LogP contribution in [-0.2, 0) is 39.9 Å². The van der Waals surface area contributed by atoms with Crippen LogP contribution in [0.15, 0.2) is 60.7 Å². The molecular weight excluding hydrogens is 847 g/mol. The van der Waals surface area contributed by atoms with Gasteiger partial charge in [0.05, 0.1) is 0 Å². The number of carbonyl (C=O) groups is 7. The van der Waals surface area contributed by atoms with Gasteiger partial charge in [0.15, 0.2) is 0 Å². The molecule has 2 fully saturated rings. The lowest BCUT2D eigenvalue weighted by atomic mass is 9.88. The van der Waals surface area contributed by atoms with Gasteiger partial charge in [-0.2, -0.15) is 0 Å². The summed E-state index contributed by atoms with van der Waals surface area (Å²) in [5.41, 5.74) is 4.89. The van der Waals surface area contributed by atoms with Crippen molar-refractivity contribution in [1.29, 1.82) is 0 Å². The summed E-state index contributed by atoms with van der Waals surface area (Å²) in [5, 5.41) is 18.1. The van der Waals surface area contributed by atoms with Crippen LogP contribution in [0.4, 0.5) is 9.59 Å². The minimum atomic E-state index is -1.47. The number of aliphatic carboxylic acids is 1. The number of carboxylic acids is 1. The molecule has 6 amide bonds. The van der Waals surface area contributed by atoms with Crippen molar-refractivity contribution < 1.29 is 48.1 Å². The van der Waals surface area contributed by atoms with Gasteiger partial charge in [0.25, 0.3) is 0 Å². The fourth-order valence-electron chi connectivity index (χ4n) is 8.35. The van der Waals surface area contributed by atoms with Crippen molar-refractivity contribution in [2.24, 2.45) is 11.7 Å². The number of nitrogens with two attached hydrogens (primary N) is 1. The van der Waals surface area contributed by atoms with Crippen molar-refractivity contribution in [3.05, 3.63) is 71.8 Å². The Kier molecular flexibility index (Phi) is 18.6. The van der Waals surface area contributed by atoms with Crippen LogP contribution in [0.1, 0.15) is 118 Å². The number of piperidine rings is 1. The number of rotatable bonds is 19. The largest absolute Gasteiger partial charge is 0.480 e. The highest BCUT2D eigenvalue weighted by molar-refractivity contribution is 5.96. The lowest BCUT2D eigenvalue weighted by Gasteiger charge is -2.40. The summed E-state index contributed by atoms with van der Waals surface area (Å²) < 4.78 is 11.1. The molecule has 5 atom stereocenters. The van der Waals surface area contributed by atoms with Gasteiger partial charge in [0, 0.05) is 44.6 Å². The number of hydrogen-bond donors (Lipinski definition) is 5. The summed E-state index contributed by atoms with van der Waals surface area (Å²) in [6, 6.07) is 15.2. The number of carboxylic acid groups (broad SMARTS) is 1. The molecule has 17 nitrogen and oxygen atoms in total. The molecule has 2 saturated heterocycles. The summed E-state index contributed by atoms with van der Waals surface area (Å²) >= 11 is 0. The molecule has 0 aromatic heterocycles. The van der Waals surface area contributed by atoms with Gasteiger partial charge >= 0.3 is 18.2 Å². The van der Waals surface area contributed by atoms with E-state index in [2.05, 4.69) is 16.0 Å². The maximum Gasteiger partial charge on any atom is 0.410 e. The van der Waals surface area contributed by atoms with Gasteiger partial charge in [-0.05, 0) is 104 Å². The molecule has 6 N–H and O–H groups in total. The summed E-state index contributed by atoms with van der Waals surface area (Å²) in [6.45, 7) is 16.6. The number of nitrogens with zero attached hydrogens (tertiary/aromatic N) is 3. The molecule has 4 rings (SSSR count). The zero-order valence-electron chi connectivity index (χ0n) is 40.3. The van der Waals surface area contributed by atoms with E-state index in [4.69, 9.17) is 15.2 Å². The summed E-state index contributed by atoms with van der Waals surface area (Å²) in [7, 11) is 0. The van der Waals surface area contributed by atoms with Gasteiger partial charge in [0.2, 0.25) is 23.6 Å². The maximum atomic E-state index is 14.4. The number of ether oxygens (including phenoxy) is 2. The highest BCUT2D eigenvalue weighted by Gasteiger charge is 2.47. The van der Waals surface area contributed by atoms with E-state index >= 15 is 0 Å². The number of unbranched alkanes of at least 4 members (excludes halogenated alkanes) is 1.